The lowest BCUT2D eigenvalue weighted by Gasteiger charge is -2.29. The van der Waals surface area contributed by atoms with E-state index in [2.05, 4.69) is 10.3 Å². The third kappa shape index (κ3) is 2.29. The number of nitrogens with one attached hydrogen (secondary N) is 1. The van der Waals surface area contributed by atoms with Gasteiger partial charge in [-0.1, -0.05) is 30.3 Å². The molecule has 0 saturated carbocycles. The maximum atomic E-state index is 12.2. The second kappa shape index (κ2) is 4.93. The van der Waals surface area contributed by atoms with Gasteiger partial charge in [0.05, 0.1) is 11.4 Å². The molecule has 2 atom stereocenters. The average Bonchev–Trinajstić information content (AvgIpc) is 2.92. The molecule has 19 heavy (non-hydrogen) atoms. The number of carbonyl (C=O) groups is 2. The summed E-state index contributed by atoms with van der Waals surface area (Å²) in [5, 5.41) is 2.43. The van der Waals surface area contributed by atoms with Crippen molar-refractivity contribution in [3.05, 3.63) is 52.5 Å². The molecule has 3 rings (SSSR count). The van der Waals surface area contributed by atoms with E-state index >= 15 is 0 Å². The van der Waals surface area contributed by atoms with Gasteiger partial charge in [-0.3, -0.25) is 19.9 Å². The molecule has 2 unspecified atom stereocenters. The van der Waals surface area contributed by atoms with Crippen molar-refractivity contribution < 1.29 is 9.59 Å². The van der Waals surface area contributed by atoms with E-state index in [0.29, 0.717) is 6.42 Å². The van der Waals surface area contributed by atoms with Crippen LogP contribution in [0.15, 0.2) is 42.0 Å². The van der Waals surface area contributed by atoms with Gasteiger partial charge in [-0.15, -0.1) is 11.3 Å². The summed E-state index contributed by atoms with van der Waals surface area (Å²) in [4.78, 5) is 28.8. The van der Waals surface area contributed by atoms with Gasteiger partial charge in [0.1, 0.15) is 0 Å². The molecule has 1 fully saturated rings. The Balaban J connectivity index is 2.02. The lowest BCUT2D eigenvalue weighted by molar-refractivity contribution is -0.135. The van der Waals surface area contributed by atoms with Gasteiger partial charge in [-0.25, -0.2) is 0 Å². The van der Waals surface area contributed by atoms with Gasteiger partial charge >= 0.3 is 0 Å². The van der Waals surface area contributed by atoms with Crippen LogP contribution in [-0.2, 0) is 9.59 Å². The summed E-state index contributed by atoms with van der Waals surface area (Å²) in [6.45, 7) is 0. The summed E-state index contributed by atoms with van der Waals surface area (Å²) in [6.07, 6.45) is 2.07. The van der Waals surface area contributed by atoms with E-state index < -0.39 is 0 Å². The lowest BCUT2D eigenvalue weighted by atomic mass is 9.80. The summed E-state index contributed by atoms with van der Waals surface area (Å²) in [5.41, 5.74) is 2.67. The van der Waals surface area contributed by atoms with Crippen LogP contribution in [0.5, 0.6) is 0 Å². The van der Waals surface area contributed by atoms with E-state index in [0.717, 1.165) is 10.4 Å². The van der Waals surface area contributed by atoms with Crippen molar-refractivity contribution in [1.29, 1.82) is 0 Å². The van der Waals surface area contributed by atoms with E-state index in [1.807, 2.05) is 30.3 Å². The van der Waals surface area contributed by atoms with Gasteiger partial charge in [-0.2, -0.15) is 0 Å². The molecule has 4 nitrogen and oxygen atoms in total. The second-order valence-electron chi connectivity index (χ2n) is 4.52. The smallest absolute Gasteiger partial charge is 0.234 e. The zero-order chi connectivity index (χ0) is 13.2. The highest BCUT2D eigenvalue weighted by Gasteiger charge is 2.38. The fraction of sp³-hybridized carbons (Fsp3) is 0.214. The molecule has 1 aliphatic heterocycles. The van der Waals surface area contributed by atoms with E-state index in [1.54, 1.807) is 11.7 Å². The molecule has 1 aromatic carbocycles. The molecule has 2 heterocycles. The van der Waals surface area contributed by atoms with Crippen molar-refractivity contribution in [3.8, 4) is 0 Å². The van der Waals surface area contributed by atoms with E-state index in [4.69, 9.17) is 0 Å². The van der Waals surface area contributed by atoms with Crippen molar-refractivity contribution in [2.24, 2.45) is 0 Å². The van der Waals surface area contributed by atoms with Crippen LogP contribution in [-0.4, -0.2) is 16.8 Å². The third-order valence-electron chi connectivity index (χ3n) is 3.33. The number of piperidine rings is 1. The molecule has 2 aromatic rings. The molecule has 0 radical (unpaired) electrons. The highest BCUT2D eigenvalue weighted by molar-refractivity contribution is 7.09. The topological polar surface area (TPSA) is 59.1 Å². The standard InChI is InChI=1S/C14H12N2O2S/c17-12-6-10(11-7-15-8-19-11)13(14(18)16-12)9-4-2-1-3-5-9/h1-5,7-8,10,13H,6H2,(H,16,17,18). The first kappa shape index (κ1) is 12.0. The van der Waals surface area contributed by atoms with Crippen LogP contribution in [0.1, 0.15) is 28.7 Å². The molecular weight excluding hydrogens is 260 g/mol. The number of imide groups is 1. The maximum Gasteiger partial charge on any atom is 0.234 e. The molecule has 0 spiro atoms. The molecule has 1 aliphatic rings. The monoisotopic (exact) mass is 272 g/mol. The predicted molar refractivity (Wildman–Crippen MR) is 71.8 cm³/mol. The molecule has 0 bridgehead atoms. The Morgan fingerprint density at radius 2 is 2.00 bits per heavy atom. The molecule has 96 valence electrons. The van der Waals surface area contributed by atoms with E-state index in [9.17, 15) is 9.59 Å². The number of aromatic nitrogens is 1. The SMILES string of the molecule is O=C1CC(c2cncs2)C(c2ccccc2)C(=O)N1. The van der Waals surface area contributed by atoms with Gasteiger partial charge in [0.15, 0.2) is 0 Å². The van der Waals surface area contributed by atoms with Gasteiger partial charge in [0.2, 0.25) is 11.8 Å². The first-order chi connectivity index (χ1) is 9.25. The number of rotatable bonds is 2. The first-order valence-electron chi connectivity index (χ1n) is 6.02. The number of hydrogen-bond donors (Lipinski definition) is 1. The highest BCUT2D eigenvalue weighted by atomic mass is 32.1. The Labute approximate surface area is 114 Å². The van der Waals surface area contributed by atoms with Gasteiger partial charge < -0.3 is 0 Å². The zero-order valence-electron chi connectivity index (χ0n) is 10.1. The molecule has 5 heteroatoms. The number of amides is 2. The molecule has 2 amide bonds. The minimum absolute atomic E-state index is 0.115. The molecular formula is C14H12N2O2S. The number of thiazole rings is 1. The fourth-order valence-corrected chi connectivity index (χ4v) is 3.24. The van der Waals surface area contributed by atoms with E-state index in [1.165, 1.54) is 11.3 Å². The summed E-state index contributed by atoms with van der Waals surface area (Å²) in [7, 11) is 0. The minimum atomic E-state index is -0.320. The Morgan fingerprint density at radius 1 is 1.21 bits per heavy atom. The molecule has 0 aliphatic carbocycles. The minimum Gasteiger partial charge on any atom is -0.296 e. The average molecular weight is 272 g/mol. The van der Waals surface area contributed by atoms with Crippen LogP contribution in [0.25, 0.3) is 0 Å². The Bertz CT molecular complexity index is 595. The van der Waals surface area contributed by atoms with Crippen LogP contribution in [0.2, 0.25) is 0 Å². The number of hydrogen-bond acceptors (Lipinski definition) is 4. The molecule has 1 aromatic heterocycles. The Morgan fingerprint density at radius 3 is 2.68 bits per heavy atom. The summed E-state index contributed by atoms with van der Waals surface area (Å²) >= 11 is 1.49. The van der Waals surface area contributed by atoms with Crippen LogP contribution in [0.4, 0.5) is 0 Å². The second-order valence-corrected chi connectivity index (χ2v) is 5.43. The maximum absolute atomic E-state index is 12.2. The number of carbonyl (C=O) groups excluding carboxylic acids is 2. The zero-order valence-corrected chi connectivity index (χ0v) is 10.9. The molecule has 1 N–H and O–H groups in total. The van der Waals surface area contributed by atoms with Crippen molar-refractivity contribution in [2.45, 2.75) is 18.3 Å². The Hall–Kier alpha value is -2.01. The quantitative estimate of drug-likeness (QED) is 0.851. The lowest BCUT2D eigenvalue weighted by Crippen LogP contribution is -2.43. The summed E-state index contributed by atoms with van der Waals surface area (Å²) < 4.78 is 0. The van der Waals surface area contributed by atoms with Gasteiger partial charge in [0.25, 0.3) is 0 Å². The number of nitrogens with zero attached hydrogens (tertiary/aromatic N) is 1. The predicted octanol–water partition coefficient (Wildman–Crippen LogP) is 2.06. The van der Waals surface area contributed by atoms with Crippen LogP contribution < -0.4 is 5.32 Å². The summed E-state index contributed by atoms with van der Waals surface area (Å²) in [6, 6.07) is 9.57. The summed E-state index contributed by atoms with van der Waals surface area (Å²) in [5.74, 6) is -0.869. The van der Waals surface area contributed by atoms with E-state index in [-0.39, 0.29) is 23.7 Å². The molecule has 1 saturated heterocycles. The van der Waals surface area contributed by atoms with Crippen LogP contribution >= 0.6 is 11.3 Å². The van der Waals surface area contributed by atoms with Gasteiger partial charge in [0, 0.05) is 23.4 Å². The van der Waals surface area contributed by atoms with Crippen LogP contribution in [0, 0.1) is 0 Å². The largest absolute Gasteiger partial charge is 0.296 e. The van der Waals surface area contributed by atoms with Crippen molar-refractivity contribution in [3.63, 3.8) is 0 Å². The van der Waals surface area contributed by atoms with Crippen molar-refractivity contribution >= 4 is 23.2 Å². The Kier molecular flexibility index (Phi) is 3.13. The van der Waals surface area contributed by atoms with Crippen LogP contribution in [0.3, 0.4) is 0 Å². The normalized spacial score (nSPS) is 23.2. The number of benzene rings is 1. The third-order valence-corrected chi connectivity index (χ3v) is 4.24. The highest BCUT2D eigenvalue weighted by Crippen LogP contribution is 2.39. The van der Waals surface area contributed by atoms with Crippen molar-refractivity contribution in [2.75, 3.05) is 0 Å². The fourth-order valence-electron chi connectivity index (χ4n) is 2.48. The van der Waals surface area contributed by atoms with Gasteiger partial charge in [-0.05, 0) is 5.56 Å². The van der Waals surface area contributed by atoms with Crippen molar-refractivity contribution in [1.82, 2.24) is 10.3 Å². The first-order valence-corrected chi connectivity index (χ1v) is 6.90.